The summed E-state index contributed by atoms with van der Waals surface area (Å²) in [5.41, 5.74) is 2.59. The third kappa shape index (κ3) is 4.99. The predicted molar refractivity (Wildman–Crippen MR) is 90.2 cm³/mol. The Morgan fingerprint density at radius 2 is 2.05 bits per heavy atom. The van der Waals surface area contributed by atoms with Crippen molar-refractivity contribution in [2.45, 2.75) is 58.2 Å². The Kier molecular flexibility index (Phi) is 5.50. The number of fused-ring (bicyclic) bond motifs is 1. The van der Waals surface area contributed by atoms with E-state index in [-0.39, 0.29) is 23.9 Å². The van der Waals surface area contributed by atoms with Crippen LogP contribution in [0.1, 0.15) is 50.8 Å². The minimum absolute atomic E-state index is 0.0550. The molecule has 22 heavy (non-hydrogen) atoms. The van der Waals surface area contributed by atoms with Gasteiger partial charge in [-0.1, -0.05) is 6.07 Å². The lowest BCUT2D eigenvalue weighted by Crippen LogP contribution is -2.37. The normalized spacial score (nSPS) is 19.8. The Balaban J connectivity index is 2.15. The molecule has 0 aliphatic heterocycles. The third-order valence-corrected chi connectivity index (χ3v) is 4.95. The third-order valence-electron chi connectivity index (χ3n) is 3.84. The van der Waals surface area contributed by atoms with Crippen LogP contribution in [0.3, 0.4) is 0 Å². The van der Waals surface area contributed by atoms with Crippen LogP contribution in [0.15, 0.2) is 18.2 Å². The van der Waals surface area contributed by atoms with Gasteiger partial charge in [-0.25, -0.2) is 8.42 Å². The Morgan fingerprint density at radius 3 is 2.68 bits per heavy atom. The monoisotopic (exact) mass is 325 g/mol. The van der Waals surface area contributed by atoms with Crippen molar-refractivity contribution < 1.29 is 13.2 Å². The summed E-state index contributed by atoms with van der Waals surface area (Å²) < 4.78 is 28.7. The van der Waals surface area contributed by atoms with Gasteiger partial charge in [0.15, 0.2) is 0 Å². The topological polar surface area (TPSA) is 55.4 Å². The highest BCUT2D eigenvalue weighted by Crippen LogP contribution is 2.33. The lowest BCUT2D eigenvalue weighted by molar-refractivity contribution is 0.241. The molecule has 0 saturated carbocycles. The number of hydrogen-bond acceptors (Lipinski definition) is 4. The SMILES string of the molecule is CC(C)Oc1ccc2c(c1)[C@H](N[C@@H](C)CS(C)(=O)=O)CCC2. The molecule has 4 nitrogen and oxygen atoms in total. The van der Waals surface area contributed by atoms with Crippen molar-refractivity contribution >= 4 is 9.84 Å². The molecule has 1 aliphatic rings. The molecular formula is C17H27NO3S. The lowest BCUT2D eigenvalue weighted by atomic mass is 9.87. The quantitative estimate of drug-likeness (QED) is 0.874. The summed E-state index contributed by atoms with van der Waals surface area (Å²) in [7, 11) is -2.96. The fourth-order valence-electron chi connectivity index (χ4n) is 3.14. The molecule has 1 aromatic rings. The summed E-state index contributed by atoms with van der Waals surface area (Å²) in [5.74, 6) is 1.05. The Morgan fingerprint density at radius 1 is 1.32 bits per heavy atom. The molecule has 0 amide bonds. The van der Waals surface area contributed by atoms with Gasteiger partial charge in [-0.3, -0.25) is 0 Å². The van der Waals surface area contributed by atoms with Gasteiger partial charge >= 0.3 is 0 Å². The maximum absolute atomic E-state index is 11.4. The smallest absolute Gasteiger partial charge is 0.148 e. The molecule has 0 aromatic heterocycles. The van der Waals surface area contributed by atoms with E-state index in [2.05, 4.69) is 17.4 Å². The minimum Gasteiger partial charge on any atom is -0.491 e. The molecule has 2 rings (SSSR count). The zero-order valence-corrected chi connectivity index (χ0v) is 14.7. The predicted octanol–water partition coefficient (Wildman–Crippen LogP) is 2.87. The van der Waals surface area contributed by atoms with E-state index in [9.17, 15) is 8.42 Å². The first kappa shape index (κ1) is 17.3. The van der Waals surface area contributed by atoms with Gasteiger partial charge in [-0.2, -0.15) is 0 Å². The summed E-state index contributed by atoms with van der Waals surface area (Å²) in [6, 6.07) is 6.43. The minimum atomic E-state index is -2.96. The Hall–Kier alpha value is -1.07. The molecule has 0 radical (unpaired) electrons. The highest BCUT2D eigenvalue weighted by atomic mass is 32.2. The van der Waals surface area contributed by atoms with Crippen molar-refractivity contribution in [2.75, 3.05) is 12.0 Å². The largest absolute Gasteiger partial charge is 0.491 e. The van der Waals surface area contributed by atoms with Crippen LogP contribution in [0.4, 0.5) is 0 Å². The molecule has 0 spiro atoms. The number of nitrogens with one attached hydrogen (secondary N) is 1. The van der Waals surface area contributed by atoms with Gasteiger partial charge in [-0.15, -0.1) is 0 Å². The first-order chi connectivity index (χ1) is 10.2. The average molecular weight is 325 g/mol. The summed E-state index contributed by atoms with van der Waals surface area (Å²) in [6.07, 6.45) is 4.68. The van der Waals surface area contributed by atoms with Gasteiger partial charge in [-0.05, 0) is 63.3 Å². The van der Waals surface area contributed by atoms with Gasteiger partial charge in [0.2, 0.25) is 0 Å². The van der Waals surface area contributed by atoms with Crippen LogP contribution in [0.2, 0.25) is 0 Å². The van der Waals surface area contributed by atoms with Crippen molar-refractivity contribution in [2.24, 2.45) is 0 Å². The number of sulfone groups is 1. The van der Waals surface area contributed by atoms with E-state index in [1.54, 1.807) is 0 Å². The van der Waals surface area contributed by atoms with Crippen LogP contribution < -0.4 is 10.1 Å². The van der Waals surface area contributed by atoms with Gasteiger partial charge < -0.3 is 10.1 Å². The second-order valence-electron chi connectivity index (χ2n) is 6.63. The summed E-state index contributed by atoms with van der Waals surface area (Å²) in [6.45, 7) is 5.97. The zero-order chi connectivity index (χ0) is 16.3. The van der Waals surface area contributed by atoms with Crippen molar-refractivity contribution in [1.82, 2.24) is 5.32 Å². The molecule has 1 aliphatic carbocycles. The fraction of sp³-hybridized carbons (Fsp3) is 0.647. The van der Waals surface area contributed by atoms with E-state index in [1.165, 1.54) is 17.4 Å². The van der Waals surface area contributed by atoms with Crippen LogP contribution in [0.25, 0.3) is 0 Å². The van der Waals surface area contributed by atoms with E-state index in [1.807, 2.05) is 26.8 Å². The van der Waals surface area contributed by atoms with E-state index in [0.29, 0.717) is 0 Å². The number of benzene rings is 1. The Bertz CT molecular complexity index is 610. The van der Waals surface area contributed by atoms with Gasteiger partial charge in [0.05, 0.1) is 11.9 Å². The van der Waals surface area contributed by atoms with Gasteiger partial charge in [0, 0.05) is 18.3 Å². The van der Waals surface area contributed by atoms with Crippen molar-refractivity contribution in [1.29, 1.82) is 0 Å². The van der Waals surface area contributed by atoms with E-state index >= 15 is 0 Å². The number of ether oxygens (including phenoxy) is 1. The van der Waals surface area contributed by atoms with Crippen molar-refractivity contribution in [3.8, 4) is 5.75 Å². The molecule has 0 heterocycles. The zero-order valence-electron chi connectivity index (χ0n) is 13.9. The molecule has 0 saturated heterocycles. The van der Waals surface area contributed by atoms with Gasteiger partial charge in [0.1, 0.15) is 15.6 Å². The van der Waals surface area contributed by atoms with Crippen molar-refractivity contribution in [3.63, 3.8) is 0 Å². The second-order valence-corrected chi connectivity index (χ2v) is 8.82. The van der Waals surface area contributed by atoms with Gasteiger partial charge in [0.25, 0.3) is 0 Å². The van der Waals surface area contributed by atoms with Crippen LogP contribution in [-0.2, 0) is 16.3 Å². The second kappa shape index (κ2) is 7.01. The highest BCUT2D eigenvalue weighted by molar-refractivity contribution is 7.90. The summed E-state index contributed by atoms with van der Waals surface area (Å²) >= 11 is 0. The average Bonchev–Trinajstić information content (AvgIpc) is 2.36. The molecule has 1 N–H and O–H groups in total. The highest BCUT2D eigenvalue weighted by Gasteiger charge is 2.23. The fourth-order valence-corrected chi connectivity index (χ4v) is 4.15. The van der Waals surface area contributed by atoms with E-state index in [0.717, 1.165) is 25.0 Å². The number of rotatable bonds is 6. The maximum atomic E-state index is 11.4. The molecule has 0 fully saturated rings. The molecule has 124 valence electrons. The number of aryl methyl sites for hydroxylation is 1. The molecule has 5 heteroatoms. The number of hydrogen-bond donors (Lipinski definition) is 1. The molecule has 0 unspecified atom stereocenters. The first-order valence-corrected chi connectivity index (χ1v) is 10.0. The lowest BCUT2D eigenvalue weighted by Gasteiger charge is -2.29. The van der Waals surface area contributed by atoms with Crippen molar-refractivity contribution in [3.05, 3.63) is 29.3 Å². The molecular weight excluding hydrogens is 298 g/mol. The maximum Gasteiger partial charge on any atom is 0.148 e. The molecule has 1 aromatic carbocycles. The van der Waals surface area contributed by atoms with Crippen LogP contribution >= 0.6 is 0 Å². The molecule has 2 atom stereocenters. The standard InChI is InChI=1S/C17H27NO3S/c1-12(2)21-15-9-8-14-6-5-7-17(16(14)10-15)18-13(3)11-22(4,19)20/h8-10,12-13,17-18H,5-7,11H2,1-4H3/t13-,17+/m0/s1. The first-order valence-electron chi connectivity index (χ1n) is 7.98. The van der Waals surface area contributed by atoms with Crippen LogP contribution in [0, 0.1) is 0 Å². The summed E-state index contributed by atoms with van der Waals surface area (Å²) in [5, 5.41) is 3.48. The summed E-state index contributed by atoms with van der Waals surface area (Å²) in [4.78, 5) is 0. The Labute approximate surface area is 134 Å². The van der Waals surface area contributed by atoms with Crippen LogP contribution in [-0.4, -0.2) is 32.6 Å². The molecule has 0 bridgehead atoms. The van der Waals surface area contributed by atoms with E-state index < -0.39 is 9.84 Å². The van der Waals surface area contributed by atoms with E-state index in [4.69, 9.17) is 4.74 Å². The van der Waals surface area contributed by atoms with Crippen LogP contribution in [0.5, 0.6) is 5.75 Å².